The number of hydrogen-bond acceptors (Lipinski definition) is 3. The van der Waals surface area contributed by atoms with E-state index >= 15 is 0 Å². The number of aryl methyl sites for hydroxylation is 1. The van der Waals surface area contributed by atoms with Crippen LogP contribution in [0.25, 0.3) is 0 Å². The van der Waals surface area contributed by atoms with Crippen molar-refractivity contribution in [3.63, 3.8) is 0 Å². The summed E-state index contributed by atoms with van der Waals surface area (Å²) in [6, 6.07) is 3.64. The van der Waals surface area contributed by atoms with E-state index in [4.69, 9.17) is 5.73 Å². The van der Waals surface area contributed by atoms with Gasteiger partial charge in [-0.2, -0.15) is 0 Å². The Morgan fingerprint density at radius 3 is 3.06 bits per heavy atom. The molecule has 1 heterocycles. The fourth-order valence-corrected chi connectivity index (χ4v) is 1.72. The summed E-state index contributed by atoms with van der Waals surface area (Å²) in [4.78, 5) is 15.9. The molecule has 3 N–H and O–H groups in total. The highest BCUT2D eigenvalue weighted by Crippen LogP contribution is 2.31. The van der Waals surface area contributed by atoms with Crippen LogP contribution in [0.3, 0.4) is 0 Å². The number of carbonyl (C=O) groups is 1. The Morgan fingerprint density at radius 1 is 1.69 bits per heavy atom. The van der Waals surface area contributed by atoms with Crippen LogP contribution in [0.2, 0.25) is 0 Å². The van der Waals surface area contributed by atoms with E-state index in [2.05, 4.69) is 10.3 Å². The molecule has 0 aliphatic heterocycles. The molecule has 1 atom stereocenters. The van der Waals surface area contributed by atoms with Crippen LogP contribution in [0.4, 0.5) is 0 Å². The second kappa shape index (κ2) is 4.61. The Bertz CT molecular complexity index is 388. The number of rotatable bonds is 4. The van der Waals surface area contributed by atoms with Gasteiger partial charge in [-0.05, 0) is 37.8 Å². The molecule has 4 heteroatoms. The number of nitrogens with zero attached hydrogens (tertiary/aromatic N) is 1. The van der Waals surface area contributed by atoms with E-state index in [1.165, 1.54) is 12.8 Å². The van der Waals surface area contributed by atoms with E-state index < -0.39 is 0 Å². The highest BCUT2D eigenvalue weighted by Gasteiger charge is 2.28. The zero-order valence-corrected chi connectivity index (χ0v) is 9.44. The van der Waals surface area contributed by atoms with Crippen molar-refractivity contribution in [1.82, 2.24) is 10.3 Å². The van der Waals surface area contributed by atoms with Gasteiger partial charge in [0.15, 0.2) is 0 Å². The van der Waals surface area contributed by atoms with Crippen LogP contribution in [-0.2, 0) is 0 Å². The first kappa shape index (κ1) is 11.1. The van der Waals surface area contributed by atoms with Gasteiger partial charge < -0.3 is 11.1 Å². The predicted octanol–water partition coefficient (Wildman–Crippen LogP) is 0.857. The van der Waals surface area contributed by atoms with Crippen molar-refractivity contribution in [3.05, 3.63) is 29.6 Å². The van der Waals surface area contributed by atoms with E-state index in [9.17, 15) is 4.79 Å². The fraction of sp³-hybridized carbons (Fsp3) is 0.500. The van der Waals surface area contributed by atoms with E-state index in [0.717, 1.165) is 5.69 Å². The fourth-order valence-electron chi connectivity index (χ4n) is 1.72. The van der Waals surface area contributed by atoms with Crippen molar-refractivity contribution in [2.45, 2.75) is 25.8 Å². The van der Waals surface area contributed by atoms with Gasteiger partial charge in [0.2, 0.25) is 0 Å². The summed E-state index contributed by atoms with van der Waals surface area (Å²) in [5, 5.41) is 2.86. The number of nitrogens with one attached hydrogen (secondary N) is 1. The van der Waals surface area contributed by atoms with Crippen LogP contribution in [-0.4, -0.2) is 23.5 Å². The highest BCUT2D eigenvalue weighted by molar-refractivity contribution is 5.95. The summed E-state index contributed by atoms with van der Waals surface area (Å²) in [5.41, 5.74) is 7.29. The third kappa shape index (κ3) is 2.58. The molecular weight excluding hydrogens is 202 g/mol. The van der Waals surface area contributed by atoms with Crippen LogP contribution in [0.15, 0.2) is 18.3 Å². The van der Waals surface area contributed by atoms with Crippen LogP contribution in [0, 0.1) is 12.8 Å². The third-order valence-corrected chi connectivity index (χ3v) is 2.98. The van der Waals surface area contributed by atoms with Crippen LogP contribution >= 0.6 is 0 Å². The van der Waals surface area contributed by atoms with Gasteiger partial charge in [-0.25, -0.2) is 0 Å². The molecule has 1 aromatic heterocycles. The number of pyridine rings is 1. The molecule has 2 rings (SSSR count). The van der Waals surface area contributed by atoms with Gasteiger partial charge in [0.1, 0.15) is 0 Å². The SMILES string of the molecule is Cc1ncccc1C(=O)NCC(N)C1CC1. The Hall–Kier alpha value is -1.42. The normalized spacial score (nSPS) is 16.9. The van der Waals surface area contributed by atoms with Gasteiger partial charge in [0.05, 0.1) is 5.56 Å². The molecule has 16 heavy (non-hydrogen) atoms. The minimum atomic E-state index is -0.0818. The smallest absolute Gasteiger partial charge is 0.253 e. The van der Waals surface area contributed by atoms with Crippen LogP contribution < -0.4 is 11.1 Å². The van der Waals surface area contributed by atoms with Gasteiger partial charge in [0.25, 0.3) is 5.91 Å². The van der Waals surface area contributed by atoms with Crippen molar-refractivity contribution in [2.24, 2.45) is 11.7 Å². The third-order valence-electron chi connectivity index (χ3n) is 2.98. The molecule has 1 amide bonds. The maximum Gasteiger partial charge on any atom is 0.253 e. The van der Waals surface area contributed by atoms with E-state index in [0.29, 0.717) is 18.0 Å². The number of amides is 1. The lowest BCUT2D eigenvalue weighted by Crippen LogP contribution is -2.38. The van der Waals surface area contributed by atoms with Gasteiger partial charge in [-0.15, -0.1) is 0 Å². The first-order valence-electron chi connectivity index (χ1n) is 5.64. The second-order valence-corrected chi connectivity index (χ2v) is 4.35. The number of aromatic nitrogens is 1. The van der Waals surface area contributed by atoms with Gasteiger partial charge in [-0.3, -0.25) is 9.78 Å². The molecule has 0 spiro atoms. The zero-order valence-electron chi connectivity index (χ0n) is 9.44. The first-order chi connectivity index (χ1) is 7.68. The molecule has 1 saturated carbocycles. The molecule has 86 valence electrons. The average Bonchev–Trinajstić information content (AvgIpc) is 3.10. The minimum Gasteiger partial charge on any atom is -0.350 e. The lowest BCUT2D eigenvalue weighted by Gasteiger charge is -2.12. The topological polar surface area (TPSA) is 68.0 Å². The number of hydrogen-bond donors (Lipinski definition) is 2. The van der Waals surface area contributed by atoms with Gasteiger partial charge in [0, 0.05) is 24.5 Å². The zero-order chi connectivity index (χ0) is 11.5. The van der Waals surface area contributed by atoms with Gasteiger partial charge >= 0.3 is 0 Å². The van der Waals surface area contributed by atoms with Crippen molar-refractivity contribution in [3.8, 4) is 0 Å². The highest BCUT2D eigenvalue weighted by atomic mass is 16.1. The summed E-state index contributed by atoms with van der Waals surface area (Å²) in [6.07, 6.45) is 4.08. The molecule has 1 unspecified atom stereocenters. The summed E-state index contributed by atoms with van der Waals surface area (Å²) in [5.74, 6) is 0.525. The Balaban J connectivity index is 1.90. The summed E-state index contributed by atoms with van der Waals surface area (Å²) >= 11 is 0. The quantitative estimate of drug-likeness (QED) is 0.789. The van der Waals surface area contributed by atoms with Crippen molar-refractivity contribution in [1.29, 1.82) is 0 Å². The van der Waals surface area contributed by atoms with Crippen LogP contribution in [0.1, 0.15) is 28.9 Å². The molecule has 0 saturated heterocycles. The van der Waals surface area contributed by atoms with E-state index in [1.54, 1.807) is 18.3 Å². The molecule has 0 radical (unpaired) electrons. The predicted molar refractivity (Wildman–Crippen MR) is 62.0 cm³/mol. The maximum atomic E-state index is 11.8. The van der Waals surface area contributed by atoms with Crippen molar-refractivity contribution in [2.75, 3.05) is 6.54 Å². The van der Waals surface area contributed by atoms with Crippen molar-refractivity contribution < 1.29 is 4.79 Å². The lowest BCUT2D eigenvalue weighted by atomic mass is 10.1. The maximum absolute atomic E-state index is 11.8. The minimum absolute atomic E-state index is 0.0818. The molecule has 0 bridgehead atoms. The van der Waals surface area contributed by atoms with Gasteiger partial charge in [-0.1, -0.05) is 0 Å². The molecule has 4 nitrogen and oxygen atoms in total. The Labute approximate surface area is 95.3 Å². The van der Waals surface area contributed by atoms with E-state index in [-0.39, 0.29) is 11.9 Å². The molecule has 0 aromatic carbocycles. The monoisotopic (exact) mass is 219 g/mol. The molecule has 1 fully saturated rings. The lowest BCUT2D eigenvalue weighted by molar-refractivity contribution is 0.0949. The molecular formula is C12H17N3O. The second-order valence-electron chi connectivity index (χ2n) is 4.35. The Morgan fingerprint density at radius 2 is 2.44 bits per heavy atom. The average molecular weight is 219 g/mol. The molecule has 1 aliphatic rings. The summed E-state index contributed by atoms with van der Waals surface area (Å²) in [6.45, 7) is 2.38. The number of nitrogens with two attached hydrogens (primary N) is 1. The Kier molecular flexibility index (Phi) is 3.19. The standard InChI is InChI=1S/C12H17N3O/c1-8-10(3-2-6-14-8)12(16)15-7-11(13)9-4-5-9/h2-3,6,9,11H,4-5,7,13H2,1H3,(H,15,16). The first-order valence-corrected chi connectivity index (χ1v) is 5.64. The van der Waals surface area contributed by atoms with Crippen LogP contribution in [0.5, 0.6) is 0 Å². The summed E-state index contributed by atoms with van der Waals surface area (Å²) in [7, 11) is 0. The number of carbonyl (C=O) groups excluding carboxylic acids is 1. The van der Waals surface area contributed by atoms with Crippen molar-refractivity contribution >= 4 is 5.91 Å². The molecule has 1 aliphatic carbocycles. The summed E-state index contributed by atoms with van der Waals surface area (Å²) < 4.78 is 0. The molecule has 1 aromatic rings. The largest absolute Gasteiger partial charge is 0.350 e. The van der Waals surface area contributed by atoms with E-state index in [1.807, 2.05) is 6.92 Å².